The van der Waals surface area contributed by atoms with Gasteiger partial charge in [0.1, 0.15) is 5.82 Å². The van der Waals surface area contributed by atoms with Crippen molar-refractivity contribution in [3.05, 3.63) is 71.9 Å². The van der Waals surface area contributed by atoms with E-state index in [1.165, 1.54) is 23.7 Å². The van der Waals surface area contributed by atoms with Crippen molar-refractivity contribution in [1.29, 1.82) is 0 Å². The van der Waals surface area contributed by atoms with Crippen LogP contribution in [-0.2, 0) is 0 Å². The van der Waals surface area contributed by atoms with E-state index in [9.17, 15) is 9.18 Å². The molecule has 0 amide bonds. The molecule has 0 aliphatic carbocycles. The topological polar surface area (TPSA) is 72.7 Å². The summed E-state index contributed by atoms with van der Waals surface area (Å²) >= 11 is 0. The number of nitrogens with one attached hydrogen (secondary N) is 1. The van der Waals surface area contributed by atoms with Gasteiger partial charge in [0, 0.05) is 23.5 Å². The first-order chi connectivity index (χ1) is 11.6. The Kier molecular flexibility index (Phi) is 4.42. The lowest BCUT2D eigenvalue weighted by molar-refractivity contribution is 0.101. The normalized spacial score (nSPS) is 10.9. The molecule has 0 bridgehead atoms. The second-order valence-electron chi connectivity index (χ2n) is 5.00. The lowest BCUT2D eigenvalue weighted by Crippen LogP contribution is -2.01. The molecule has 0 radical (unpaired) electrons. The Morgan fingerprint density at radius 1 is 1.17 bits per heavy atom. The third kappa shape index (κ3) is 3.35. The van der Waals surface area contributed by atoms with Gasteiger partial charge in [0.2, 0.25) is 0 Å². The van der Waals surface area contributed by atoms with Crippen LogP contribution in [0.1, 0.15) is 23.1 Å². The first kappa shape index (κ1) is 15.5. The molecule has 0 atom stereocenters. The number of benzene rings is 2. The average Bonchev–Trinajstić information content (AvgIpc) is 3.04. The van der Waals surface area contributed by atoms with Crippen molar-refractivity contribution in [2.75, 3.05) is 5.32 Å². The second-order valence-corrected chi connectivity index (χ2v) is 5.00. The van der Waals surface area contributed by atoms with Crippen molar-refractivity contribution in [1.82, 2.24) is 20.2 Å². The number of ketones is 1. The van der Waals surface area contributed by atoms with Crippen LogP contribution < -0.4 is 5.32 Å². The largest absolute Gasteiger partial charge is 0.361 e. The Bertz CT molecular complexity index is 886. The van der Waals surface area contributed by atoms with E-state index in [-0.39, 0.29) is 11.6 Å². The molecule has 0 saturated carbocycles. The highest BCUT2D eigenvalue weighted by Crippen LogP contribution is 2.16. The molecular formula is C17H14FN5O. The van der Waals surface area contributed by atoms with Crippen LogP contribution in [0.25, 0.3) is 11.8 Å². The molecule has 0 aliphatic heterocycles. The third-order valence-electron chi connectivity index (χ3n) is 3.34. The van der Waals surface area contributed by atoms with Crippen LogP contribution in [0.3, 0.4) is 0 Å². The third-order valence-corrected chi connectivity index (χ3v) is 3.34. The molecule has 0 fully saturated rings. The molecule has 3 aromatic rings. The summed E-state index contributed by atoms with van der Waals surface area (Å²) in [4.78, 5) is 11.6. The standard InChI is InChI=1S/C17H14FN5O/c1-12(24)15-4-2-3-5-16(15)19-11-10-17-20-21-22-23(17)14-8-6-13(18)7-9-14/h2-11,19H,1H3/b11-10-. The molecule has 3 rings (SSSR count). The number of anilines is 1. The second kappa shape index (κ2) is 6.82. The van der Waals surface area contributed by atoms with E-state index in [2.05, 4.69) is 20.8 Å². The lowest BCUT2D eigenvalue weighted by Gasteiger charge is -2.06. The molecule has 7 heteroatoms. The number of carbonyl (C=O) groups excluding carboxylic acids is 1. The number of hydrogen-bond donors (Lipinski definition) is 1. The van der Waals surface area contributed by atoms with E-state index >= 15 is 0 Å². The van der Waals surface area contributed by atoms with Gasteiger partial charge in [-0.05, 0) is 53.7 Å². The number of rotatable bonds is 5. The molecule has 1 heterocycles. The summed E-state index contributed by atoms with van der Waals surface area (Å²) in [5.41, 5.74) is 1.94. The predicted molar refractivity (Wildman–Crippen MR) is 88.2 cm³/mol. The van der Waals surface area contributed by atoms with E-state index in [0.29, 0.717) is 22.8 Å². The van der Waals surface area contributed by atoms with E-state index in [1.807, 2.05) is 12.1 Å². The fourth-order valence-electron chi connectivity index (χ4n) is 2.19. The smallest absolute Gasteiger partial charge is 0.181 e. The minimum atomic E-state index is -0.327. The van der Waals surface area contributed by atoms with Crippen LogP contribution in [0.15, 0.2) is 54.7 Å². The summed E-state index contributed by atoms with van der Waals surface area (Å²) < 4.78 is 14.5. The molecule has 1 aromatic heterocycles. The maximum Gasteiger partial charge on any atom is 0.181 e. The van der Waals surface area contributed by atoms with Gasteiger partial charge in [-0.15, -0.1) is 5.10 Å². The molecule has 0 saturated heterocycles. The molecule has 6 nitrogen and oxygen atoms in total. The predicted octanol–water partition coefficient (Wildman–Crippen LogP) is 3.09. The van der Waals surface area contributed by atoms with Crippen molar-refractivity contribution in [2.24, 2.45) is 0 Å². The Morgan fingerprint density at radius 2 is 1.92 bits per heavy atom. The van der Waals surface area contributed by atoms with E-state index in [0.717, 1.165) is 0 Å². The summed E-state index contributed by atoms with van der Waals surface area (Å²) in [6.45, 7) is 1.51. The van der Waals surface area contributed by atoms with E-state index in [1.54, 1.807) is 36.5 Å². The van der Waals surface area contributed by atoms with Crippen LogP contribution in [0.4, 0.5) is 10.1 Å². The molecule has 2 aromatic carbocycles. The minimum absolute atomic E-state index is 0.0253. The summed E-state index contributed by atoms with van der Waals surface area (Å²) in [6.07, 6.45) is 3.31. The quantitative estimate of drug-likeness (QED) is 0.731. The first-order valence-corrected chi connectivity index (χ1v) is 7.22. The Morgan fingerprint density at radius 3 is 2.67 bits per heavy atom. The molecule has 1 N–H and O–H groups in total. The Hall–Kier alpha value is -3.35. The van der Waals surface area contributed by atoms with Crippen molar-refractivity contribution in [3.63, 3.8) is 0 Å². The molecule has 0 aliphatic rings. The molecular weight excluding hydrogens is 309 g/mol. The minimum Gasteiger partial charge on any atom is -0.361 e. The van der Waals surface area contributed by atoms with E-state index < -0.39 is 0 Å². The van der Waals surface area contributed by atoms with Crippen molar-refractivity contribution < 1.29 is 9.18 Å². The van der Waals surface area contributed by atoms with Gasteiger partial charge in [-0.1, -0.05) is 12.1 Å². The zero-order valence-electron chi connectivity index (χ0n) is 12.8. The number of tetrazole rings is 1. The van der Waals surface area contributed by atoms with Crippen LogP contribution >= 0.6 is 0 Å². The number of halogens is 1. The summed E-state index contributed by atoms with van der Waals surface area (Å²) in [5, 5.41) is 14.5. The summed E-state index contributed by atoms with van der Waals surface area (Å²) in [5.74, 6) is 0.114. The lowest BCUT2D eigenvalue weighted by atomic mass is 10.1. The first-order valence-electron chi connectivity index (χ1n) is 7.22. The number of para-hydroxylation sites is 1. The Balaban J connectivity index is 1.81. The van der Waals surface area contributed by atoms with Gasteiger partial charge in [-0.3, -0.25) is 4.79 Å². The van der Waals surface area contributed by atoms with Crippen LogP contribution in [-0.4, -0.2) is 26.0 Å². The van der Waals surface area contributed by atoms with Gasteiger partial charge in [-0.25, -0.2) is 4.39 Å². The fourth-order valence-corrected chi connectivity index (χ4v) is 2.19. The van der Waals surface area contributed by atoms with Crippen LogP contribution in [0, 0.1) is 5.82 Å². The molecule has 120 valence electrons. The number of aromatic nitrogens is 4. The van der Waals surface area contributed by atoms with Gasteiger partial charge in [0.15, 0.2) is 11.6 Å². The van der Waals surface area contributed by atoms with Crippen LogP contribution in [0.2, 0.25) is 0 Å². The number of hydrogen-bond acceptors (Lipinski definition) is 5. The maximum absolute atomic E-state index is 13.0. The van der Waals surface area contributed by atoms with Crippen molar-refractivity contribution >= 4 is 17.5 Å². The zero-order chi connectivity index (χ0) is 16.9. The molecule has 24 heavy (non-hydrogen) atoms. The highest BCUT2D eigenvalue weighted by Gasteiger charge is 2.06. The fraction of sp³-hybridized carbons (Fsp3) is 0.0588. The van der Waals surface area contributed by atoms with E-state index in [4.69, 9.17) is 0 Å². The highest BCUT2D eigenvalue weighted by molar-refractivity contribution is 5.99. The molecule has 0 spiro atoms. The van der Waals surface area contributed by atoms with Crippen LogP contribution in [0.5, 0.6) is 0 Å². The van der Waals surface area contributed by atoms with Gasteiger partial charge in [0.05, 0.1) is 5.69 Å². The highest BCUT2D eigenvalue weighted by atomic mass is 19.1. The zero-order valence-corrected chi connectivity index (χ0v) is 12.8. The number of carbonyl (C=O) groups is 1. The summed E-state index contributed by atoms with van der Waals surface area (Å²) in [7, 11) is 0. The monoisotopic (exact) mass is 323 g/mol. The maximum atomic E-state index is 13.0. The van der Waals surface area contributed by atoms with Gasteiger partial charge in [0.25, 0.3) is 0 Å². The van der Waals surface area contributed by atoms with Gasteiger partial charge < -0.3 is 5.32 Å². The number of nitrogens with zero attached hydrogens (tertiary/aromatic N) is 4. The van der Waals surface area contributed by atoms with Gasteiger partial charge >= 0.3 is 0 Å². The average molecular weight is 323 g/mol. The molecule has 0 unspecified atom stereocenters. The van der Waals surface area contributed by atoms with Gasteiger partial charge in [-0.2, -0.15) is 4.68 Å². The Labute approximate surface area is 137 Å². The number of Topliss-reactive ketones (excluding diaryl/α,β-unsaturated/α-hetero) is 1. The van der Waals surface area contributed by atoms with Crippen molar-refractivity contribution in [3.8, 4) is 5.69 Å². The summed E-state index contributed by atoms with van der Waals surface area (Å²) in [6, 6.07) is 13.1. The van der Waals surface area contributed by atoms with Crippen molar-refractivity contribution in [2.45, 2.75) is 6.92 Å². The SMILES string of the molecule is CC(=O)c1ccccc1N/C=C\c1nnnn1-c1ccc(F)cc1.